The zero-order chi connectivity index (χ0) is 14.1. The van der Waals surface area contributed by atoms with E-state index in [0.717, 1.165) is 28.4 Å². The fourth-order valence-electron chi connectivity index (χ4n) is 2.26. The maximum absolute atomic E-state index is 6.04. The van der Waals surface area contributed by atoms with E-state index in [-0.39, 0.29) is 0 Å². The highest BCUT2D eigenvalue weighted by molar-refractivity contribution is 5.68. The van der Waals surface area contributed by atoms with Crippen LogP contribution in [0.15, 0.2) is 24.3 Å². The molecular weight excluding hydrogens is 250 g/mol. The lowest BCUT2D eigenvalue weighted by Crippen LogP contribution is -2.04. The average molecular weight is 269 g/mol. The van der Waals surface area contributed by atoms with Gasteiger partial charge in [-0.3, -0.25) is 0 Å². The summed E-state index contributed by atoms with van der Waals surface area (Å²) in [6, 6.07) is 7.98. The number of ether oxygens (including phenoxy) is 1. The molecule has 2 N–H and O–H groups in total. The van der Waals surface area contributed by atoms with Crippen LogP contribution in [-0.2, 0) is 0 Å². The van der Waals surface area contributed by atoms with Crippen molar-refractivity contribution in [1.82, 2.24) is 9.97 Å². The van der Waals surface area contributed by atoms with Crippen molar-refractivity contribution in [3.05, 3.63) is 35.7 Å². The largest absolute Gasteiger partial charge is 0.494 e. The number of hydrogen-bond donors (Lipinski definition) is 1. The summed E-state index contributed by atoms with van der Waals surface area (Å²) < 4.78 is 5.55. The zero-order valence-corrected chi connectivity index (χ0v) is 11.9. The SMILES string of the molecule is CCOc1cccc(-c2nc(C3CC3)nc(N)c2C)c1. The molecule has 20 heavy (non-hydrogen) atoms. The van der Waals surface area contributed by atoms with Crippen molar-refractivity contribution in [2.75, 3.05) is 12.3 Å². The van der Waals surface area contributed by atoms with Crippen LogP contribution in [0.2, 0.25) is 0 Å². The predicted molar refractivity (Wildman–Crippen MR) is 79.8 cm³/mol. The number of nitrogens with two attached hydrogens (primary N) is 1. The first-order chi connectivity index (χ1) is 9.69. The molecule has 0 radical (unpaired) electrons. The van der Waals surface area contributed by atoms with Gasteiger partial charge in [0.15, 0.2) is 0 Å². The second-order valence-corrected chi connectivity index (χ2v) is 5.18. The molecule has 1 heterocycles. The van der Waals surface area contributed by atoms with Gasteiger partial charge < -0.3 is 10.5 Å². The maximum atomic E-state index is 6.04. The molecular formula is C16H19N3O. The lowest BCUT2D eigenvalue weighted by Gasteiger charge is -2.11. The Morgan fingerprint density at radius 2 is 2.10 bits per heavy atom. The second kappa shape index (κ2) is 5.12. The van der Waals surface area contributed by atoms with Gasteiger partial charge in [0.2, 0.25) is 0 Å². The molecule has 0 aliphatic heterocycles. The van der Waals surface area contributed by atoms with Crippen LogP contribution in [0.1, 0.15) is 37.1 Å². The monoisotopic (exact) mass is 269 g/mol. The van der Waals surface area contributed by atoms with Crippen LogP contribution >= 0.6 is 0 Å². The average Bonchev–Trinajstić information content (AvgIpc) is 3.27. The highest BCUT2D eigenvalue weighted by Crippen LogP contribution is 2.40. The van der Waals surface area contributed by atoms with E-state index in [0.29, 0.717) is 18.3 Å². The number of hydrogen-bond acceptors (Lipinski definition) is 4. The third kappa shape index (κ3) is 2.46. The molecule has 104 valence electrons. The first-order valence-electron chi connectivity index (χ1n) is 7.06. The van der Waals surface area contributed by atoms with Crippen molar-refractivity contribution in [2.45, 2.75) is 32.6 Å². The standard InChI is InChI=1S/C16H19N3O/c1-3-20-13-6-4-5-12(9-13)14-10(2)15(17)19-16(18-14)11-7-8-11/h4-6,9,11H,3,7-8H2,1-2H3,(H2,17,18,19). The molecule has 1 aromatic carbocycles. The fraction of sp³-hybridized carbons (Fsp3) is 0.375. The quantitative estimate of drug-likeness (QED) is 0.925. The zero-order valence-electron chi connectivity index (χ0n) is 11.9. The van der Waals surface area contributed by atoms with E-state index in [9.17, 15) is 0 Å². The van der Waals surface area contributed by atoms with Gasteiger partial charge in [-0.05, 0) is 38.8 Å². The van der Waals surface area contributed by atoms with E-state index in [1.807, 2.05) is 38.1 Å². The minimum atomic E-state index is 0.492. The molecule has 2 aromatic rings. The number of benzene rings is 1. The molecule has 0 saturated heterocycles. The van der Waals surface area contributed by atoms with Crippen molar-refractivity contribution in [3.8, 4) is 17.0 Å². The normalized spacial score (nSPS) is 14.3. The van der Waals surface area contributed by atoms with E-state index >= 15 is 0 Å². The highest BCUT2D eigenvalue weighted by Gasteiger charge is 2.28. The molecule has 0 amide bonds. The fourth-order valence-corrected chi connectivity index (χ4v) is 2.26. The van der Waals surface area contributed by atoms with Crippen molar-refractivity contribution in [1.29, 1.82) is 0 Å². The summed E-state index contributed by atoms with van der Waals surface area (Å²) in [6.45, 7) is 4.60. The van der Waals surface area contributed by atoms with Gasteiger partial charge in [0.05, 0.1) is 12.3 Å². The Morgan fingerprint density at radius 3 is 2.80 bits per heavy atom. The second-order valence-electron chi connectivity index (χ2n) is 5.18. The summed E-state index contributed by atoms with van der Waals surface area (Å²) in [5.74, 6) is 2.81. The molecule has 0 unspecified atom stereocenters. The minimum Gasteiger partial charge on any atom is -0.494 e. The van der Waals surface area contributed by atoms with Gasteiger partial charge in [0.25, 0.3) is 0 Å². The molecule has 4 heteroatoms. The molecule has 1 aliphatic carbocycles. The van der Waals surface area contributed by atoms with E-state index < -0.39 is 0 Å². The van der Waals surface area contributed by atoms with Crippen LogP contribution in [0.3, 0.4) is 0 Å². The van der Waals surface area contributed by atoms with Crippen molar-refractivity contribution >= 4 is 5.82 Å². The first kappa shape index (κ1) is 12.9. The number of aromatic nitrogens is 2. The molecule has 1 fully saturated rings. The molecule has 1 aromatic heterocycles. The number of anilines is 1. The van der Waals surface area contributed by atoms with Crippen molar-refractivity contribution in [3.63, 3.8) is 0 Å². The smallest absolute Gasteiger partial charge is 0.134 e. The Balaban J connectivity index is 2.06. The van der Waals surface area contributed by atoms with Gasteiger partial charge in [-0.2, -0.15) is 0 Å². The highest BCUT2D eigenvalue weighted by atomic mass is 16.5. The maximum Gasteiger partial charge on any atom is 0.134 e. The van der Waals surface area contributed by atoms with Gasteiger partial charge in [0, 0.05) is 17.0 Å². The van der Waals surface area contributed by atoms with Crippen LogP contribution in [0.4, 0.5) is 5.82 Å². The van der Waals surface area contributed by atoms with Gasteiger partial charge in [-0.15, -0.1) is 0 Å². The van der Waals surface area contributed by atoms with E-state index in [4.69, 9.17) is 15.5 Å². The van der Waals surface area contributed by atoms with Gasteiger partial charge in [0.1, 0.15) is 17.4 Å². The van der Waals surface area contributed by atoms with Crippen molar-refractivity contribution in [2.24, 2.45) is 0 Å². The lowest BCUT2D eigenvalue weighted by molar-refractivity contribution is 0.340. The number of rotatable bonds is 4. The summed E-state index contributed by atoms with van der Waals surface area (Å²) in [5.41, 5.74) is 8.92. The third-order valence-electron chi connectivity index (χ3n) is 3.56. The van der Waals surface area contributed by atoms with Crippen LogP contribution in [0, 0.1) is 6.92 Å². The minimum absolute atomic E-state index is 0.492. The Kier molecular flexibility index (Phi) is 3.30. The lowest BCUT2D eigenvalue weighted by atomic mass is 10.1. The molecule has 4 nitrogen and oxygen atoms in total. The Hall–Kier alpha value is -2.10. The summed E-state index contributed by atoms with van der Waals surface area (Å²) >= 11 is 0. The van der Waals surface area contributed by atoms with Gasteiger partial charge in [-0.25, -0.2) is 9.97 Å². The topological polar surface area (TPSA) is 61.0 Å². The molecule has 0 bridgehead atoms. The Bertz CT molecular complexity index is 636. The van der Waals surface area contributed by atoms with E-state index in [1.54, 1.807) is 0 Å². The summed E-state index contributed by atoms with van der Waals surface area (Å²) in [4.78, 5) is 9.14. The molecule has 3 rings (SSSR count). The van der Waals surface area contributed by atoms with E-state index in [1.165, 1.54) is 12.8 Å². The van der Waals surface area contributed by atoms with E-state index in [2.05, 4.69) is 4.98 Å². The van der Waals surface area contributed by atoms with Gasteiger partial charge >= 0.3 is 0 Å². The molecule has 1 saturated carbocycles. The predicted octanol–water partition coefficient (Wildman–Crippen LogP) is 3.31. The van der Waals surface area contributed by atoms with Crippen LogP contribution in [0.5, 0.6) is 5.75 Å². The summed E-state index contributed by atoms with van der Waals surface area (Å²) in [6.07, 6.45) is 2.34. The number of nitrogens with zero attached hydrogens (tertiary/aromatic N) is 2. The third-order valence-corrected chi connectivity index (χ3v) is 3.56. The van der Waals surface area contributed by atoms with Crippen LogP contribution in [0.25, 0.3) is 11.3 Å². The summed E-state index contributed by atoms with van der Waals surface area (Å²) in [7, 11) is 0. The number of nitrogen functional groups attached to an aromatic ring is 1. The molecule has 0 atom stereocenters. The summed E-state index contributed by atoms with van der Waals surface area (Å²) in [5, 5.41) is 0. The first-order valence-corrected chi connectivity index (χ1v) is 7.06. The Morgan fingerprint density at radius 1 is 1.30 bits per heavy atom. The van der Waals surface area contributed by atoms with Crippen molar-refractivity contribution < 1.29 is 4.74 Å². The van der Waals surface area contributed by atoms with Gasteiger partial charge in [-0.1, -0.05) is 12.1 Å². The molecule has 1 aliphatic rings. The molecule has 0 spiro atoms. The Labute approximate surface area is 119 Å². The van der Waals surface area contributed by atoms with Crippen LogP contribution < -0.4 is 10.5 Å². The van der Waals surface area contributed by atoms with Crippen LogP contribution in [-0.4, -0.2) is 16.6 Å².